The fraction of sp³-hybridized carbons (Fsp3) is 0.613. The number of ether oxygens (including phenoxy) is 4. The molecule has 0 aliphatic carbocycles. The molecule has 2 fully saturated rings. The number of rotatable bonds is 9. The second kappa shape index (κ2) is 12.0. The highest BCUT2D eigenvalue weighted by Gasteiger charge is 2.24. The molecule has 6 nitrogen and oxygen atoms in total. The Balaban J connectivity index is 1.41. The molecule has 204 valence electrons. The van der Waals surface area contributed by atoms with Gasteiger partial charge in [-0.05, 0) is 59.1 Å². The molecule has 2 heterocycles. The Labute approximate surface area is 223 Å². The van der Waals surface area contributed by atoms with Gasteiger partial charge in [0.05, 0.1) is 51.5 Å². The summed E-state index contributed by atoms with van der Waals surface area (Å²) in [6, 6.07) is 13.4. The number of morpholine rings is 2. The Morgan fingerprint density at radius 1 is 0.730 bits per heavy atom. The maximum atomic E-state index is 6.48. The molecule has 37 heavy (non-hydrogen) atoms. The molecule has 0 spiro atoms. The second-order valence-electron chi connectivity index (χ2n) is 11.9. The maximum Gasteiger partial charge on any atom is 0.142 e. The lowest BCUT2D eigenvalue weighted by Gasteiger charge is -2.32. The molecule has 0 amide bonds. The van der Waals surface area contributed by atoms with Crippen LogP contribution in [0.2, 0.25) is 0 Å². The maximum absolute atomic E-state index is 6.48. The van der Waals surface area contributed by atoms with Crippen molar-refractivity contribution in [2.45, 2.75) is 58.3 Å². The van der Waals surface area contributed by atoms with Gasteiger partial charge < -0.3 is 28.7 Å². The number of benzene rings is 2. The summed E-state index contributed by atoms with van der Waals surface area (Å²) < 4.78 is 23.4. The van der Waals surface area contributed by atoms with Crippen molar-refractivity contribution in [3.05, 3.63) is 47.5 Å². The van der Waals surface area contributed by atoms with Crippen LogP contribution in [-0.2, 0) is 20.3 Å². The first-order valence-electron chi connectivity index (χ1n) is 13.8. The third-order valence-corrected chi connectivity index (χ3v) is 7.69. The molecule has 4 rings (SSSR count). The van der Waals surface area contributed by atoms with Crippen LogP contribution < -0.4 is 19.3 Å². The Hall–Kier alpha value is -2.44. The molecule has 0 aromatic heterocycles. The van der Waals surface area contributed by atoms with Crippen LogP contribution in [0.15, 0.2) is 36.4 Å². The first kappa shape index (κ1) is 27.6. The van der Waals surface area contributed by atoms with Gasteiger partial charge in [-0.15, -0.1) is 0 Å². The van der Waals surface area contributed by atoms with Crippen molar-refractivity contribution in [1.82, 2.24) is 0 Å². The van der Waals surface area contributed by atoms with Crippen LogP contribution >= 0.6 is 0 Å². The van der Waals surface area contributed by atoms with E-state index < -0.39 is 0 Å². The summed E-state index contributed by atoms with van der Waals surface area (Å²) in [7, 11) is 1.77. The molecule has 0 bridgehead atoms. The van der Waals surface area contributed by atoms with Crippen molar-refractivity contribution in [2.75, 3.05) is 76.1 Å². The van der Waals surface area contributed by atoms with Gasteiger partial charge in [-0.25, -0.2) is 0 Å². The summed E-state index contributed by atoms with van der Waals surface area (Å²) >= 11 is 0. The largest absolute Gasteiger partial charge is 0.495 e. The molecule has 2 aromatic carbocycles. The van der Waals surface area contributed by atoms with Gasteiger partial charge in [0.1, 0.15) is 11.5 Å². The van der Waals surface area contributed by atoms with E-state index in [1.54, 1.807) is 7.11 Å². The average molecular weight is 511 g/mol. The van der Waals surface area contributed by atoms with Crippen LogP contribution in [0.4, 0.5) is 11.4 Å². The highest BCUT2D eigenvalue weighted by atomic mass is 16.5. The quantitative estimate of drug-likeness (QED) is 0.397. The highest BCUT2D eigenvalue weighted by Crippen LogP contribution is 2.38. The van der Waals surface area contributed by atoms with E-state index in [1.807, 2.05) is 0 Å². The van der Waals surface area contributed by atoms with Gasteiger partial charge in [-0.3, -0.25) is 0 Å². The molecule has 0 atom stereocenters. The summed E-state index contributed by atoms with van der Waals surface area (Å²) in [5.74, 6) is 1.93. The summed E-state index contributed by atoms with van der Waals surface area (Å²) in [6.45, 7) is 18.8. The summed E-state index contributed by atoms with van der Waals surface area (Å²) in [6.07, 6.45) is 2.00. The molecule has 0 saturated carbocycles. The molecule has 2 aromatic rings. The zero-order valence-electron chi connectivity index (χ0n) is 23.8. The van der Waals surface area contributed by atoms with Crippen LogP contribution in [0.25, 0.3) is 0 Å². The van der Waals surface area contributed by atoms with Crippen molar-refractivity contribution >= 4 is 11.4 Å². The molecular formula is C31H46N2O4. The van der Waals surface area contributed by atoms with E-state index in [4.69, 9.17) is 18.9 Å². The Bertz CT molecular complexity index is 1020. The minimum atomic E-state index is 0.0144. The molecule has 6 heteroatoms. The van der Waals surface area contributed by atoms with E-state index in [9.17, 15) is 0 Å². The average Bonchev–Trinajstić information content (AvgIpc) is 2.91. The minimum Gasteiger partial charge on any atom is -0.495 e. The van der Waals surface area contributed by atoms with Crippen LogP contribution in [0.5, 0.6) is 11.5 Å². The number of methoxy groups -OCH3 is 1. The Morgan fingerprint density at radius 3 is 1.78 bits per heavy atom. The topological polar surface area (TPSA) is 43.4 Å². The smallest absolute Gasteiger partial charge is 0.142 e. The van der Waals surface area contributed by atoms with Gasteiger partial charge in [0, 0.05) is 26.2 Å². The lowest BCUT2D eigenvalue weighted by atomic mass is 9.80. The van der Waals surface area contributed by atoms with Crippen molar-refractivity contribution < 1.29 is 18.9 Å². The zero-order valence-corrected chi connectivity index (χ0v) is 23.8. The van der Waals surface area contributed by atoms with E-state index in [2.05, 4.69) is 80.8 Å². The fourth-order valence-electron chi connectivity index (χ4n) is 5.17. The lowest BCUT2D eigenvalue weighted by molar-refractivity contribution is 0.122. The number of anilines is 2. The van der Waals surface area contributed by atoms with Gasteiger partial charge in [0.25, 0.3) is 0 Å². The fourth-order valence-corrected chi connectivity index (χ4v) is 5.17. The van der Waals surface area contributed by atoms with Gasteiger partial charge >= 0.3 is 0 Å². The Kier molecular flexibility index (Phi) is 8.91. The molecular weight excluding hydrogens is 464 g/mol. The number of nitrogens with zero attached hydrogens (tertiary/aromatic N) is 2. The lowest BCUT2D eigenvalue weighted by Crippen LogP contribution is -2.36. The molecule has 0 unspecified atom stereocenters. The van der Waals surface area contributed by atoms with Crippen molar-refractivity contribution in [3.8, 4) is 11.5 Å². The van der Waals surface area contributed by atoms with Crippen LogP contribution in [0, 0.1) is 0 Å². The predicted molar refractivity (Wildman–Crippen MR) is 152 cm³/mol. The summed E-state index contributed by atoms with van der Waals surface area (Å²) in [4.78, 5) is 4.74. The molecule has 2 saturated heterocycles. The zero-order chi connectivity index (χ0) is 26.5. The van der Waals surface area contributed by atoms with Crippen molar-refractivity contribution in [3.63, 3.8) is 0 Å². The van der Waals surface area contributed by atoms with Gasteiger partial charge in [0.2, 0.25) is 0 Å². The van der Waals surface area contributed by atoms with Gasteiger partial charge in [-0.1, -0.05) is 46.8 Å². The molecule has 2 aliphatic heterocycles. The normalized spacial score (nSPS) is 17.1. The van der Waals surface area contributed by atoms with E-state index >= 15 is 0 Å². The molecule has 2 aliphatic rings. The van der Waals surface area contributed by atoms with Gasteiger partial charge in [0.15, 0.2) is 0 Å². The highest BCUT2D eigenvalue weighted by molar-refractivity contribution is 5.61. The van der Waals surface area contributed by atoms with Gasteiger partial charge in [-0.2, -0.15) is 0 Å². The monoisotopic (exact) mass is 510 g/mol. The third kappa shape index (κ3) is 6.91. The summed E-state index contributed by atoms with van der Waals surface area (Å²) in [5.41, 5.74) is 5.02. The standard InChI is InChI=1S/C31H46N2O4/c1-30(2,3)24-8-10-27(33-15-20-36-21-16-33)29(22-24)37-17-7-12-31(4,5)25-9-11-26(28(23-25)34-6)32-13-18-35-19-14-32/h8-11,22-23H,7,12-21H2,1-6H3. The SMILES string of the molecule is COc1cc(C(C)(C)CCCOc2cc(C(C)(C)C)ccc2N2CCOCC2)ccc1N1CCOCC1. The first-order valence-corrected chi connectivity index (χ1v) is 13.8. The van der Waals surface area contributed by atoms with Crippen molar-refractivity contribution in [1.29, 1.82) is 0 Å². The van der Waals surface area contributed by atoms with Crippen molar-refractivity contribution in [2.24, 2.45) is 0 Å². The number of hydrogen-bond acceptors (Lipinski definition) is 6. The van der Waals surface area contributed by atoms with E-state index in [1.165, 1.54) is 16.8 Å². The third-order valence-electron chi connectivity index (χ3n) is 7.69. The second-order valence-corrected chi connectivity index (χ2v) is 11.9. The minimum absolute atomic E-state index is 0.0144. The van der Waals surface area contributed by atoms with Crippen LogP contribution in [-0.4, -0.2) is 66.3 Å². The number of hydrogen-bond donors (Lipinski definition) is 0. The predicted octanol–water partition coefficient (Wildman–Crippen LogP) is 5.80. The molecule has 0 radical (unpaired) electrons. The van der Waals surface area contributed by atoms with E-state index in [0.717, 1.165) is 82.6 Å². The molecule has 0 N–H and O–H groups in total. The first-order chi connectivity index (χ1) is 17.7. The van der Waals surface area contributed by atoms with E-state index in [-0.39, 0.29) is 10.8 Å². The van der Waals surface area contributed by atoms with Crippen LogP contribution in [0.3, 0.4) is 0 Å². The van der Waals surface area contributed by atoms with Crippen LogP contribution in [0.1, 0.15) is 58.6 Å². The Morgan fingerprint density at radius 2 is 1.24 bits per heavy atom. The van der Waals surface area contributed by atoms with E-state index in [0.29, 0.717) is 6.61 Å². The summed E-state index contributed by atoms with van der Waals surface area (Å²) in [5, 5.41) is 0.